The van der Waals surface area contributed by atoms with Crippen LogP contribution in [0.3, 0.4) is 0 Å². The van der Waals surface area contributed by atoms with Gasteiger partial charge in [-0.3, -0.25) is 4.90 Å². The minimum Gasteiger partial charge on any atom is -0.409 e. The van der Waals surface area contributed by atoms with Gasteiger partial charge in [0.05, 0.1) is 6.54 Å². The van der Waals surface area contributed by atoms with Crippen LogP contribution in [0.2, 0.25) is 0 Å². The molecular weight excluding hydrogens is 190 g/mol. The molecule has 4 heteroatoms. The number of rotatable bonds is 4. The topological polar surface area (TPSA) is 61.8 Å². The van der Waals surface area contributed by atoms with E-state index < -0.39 is 0 Å². The maximum Gasteiger partial charge on any atom is 0.153 e. The minimum atomic E-state index is 0.306. The van der Waals surface area contributed by atoms with Crippen molar-refractivity contribution >= 4 is 5.84 Å². The highest BCUT2D eigenvalue weighted by Crippen LogP contribution is 2.48. The average molecular weight is 211 g/mol. The van der Waals surface area contributed by atoms with Crippen molar-refractivity contribution in [3.63, 3.8) is 0 Å². The Balaban J connectivity index is 1.77. The van der Waals surface area contributed by atoms with Crippen molar-refractivity contribution in [3.05, 3.63) is 0 Å². The first-order valence-corrected chi connectivity index (χ1v) is 5.84. The van der Waals surface area contributed by atoms with Crippen LogP contribution < -0.4 is 5.73 Å². The van der Waals surface area contributed by atoms with Crippen molar-refractivity contribution in [1.82, 2.24) is 4.90 Å². The summed E-state index contributed by atoms with van der Waals surface area (Å²) in [5.41, 5.74) is 5.48. The normalized spacial score (nSPS) is 35.3. The second-order valence-electron chi connectivity index (χ2n) is 5.22. The SMILES string of the molecule is CN(CC(N)=NO)CC1CC2CCC1C2. The van der Waals surface area contributed by atoms with Crippen LogP contribution >= 0.6 is 0 Å². The van der Waals surface area contributed by atoms with E-state index in [1.165, 1.54) is 25.7 Å². The number of fused-ring (bicyclic) bond motifs is 2. The van der Waals surface area contributed by atoms with Crippen molar-refractivity contribution in [2.24, 2.45) is 28.6 Å². The predicted octanol–water partition coefficient (Wildman–Crippen LogP) is 1.10. The molecule has 0 amide bonds. The Labute approximate surface area is 91.1 Å². The Morgan fingerprint density at radius 1 is 1.47 bits per heavy atom. The molecule has 0 heterocycles. The van der Waals surface area contributed by atoms with Gasteiger partial charge in [-0.2, -0.15) is 0 Å². The lowest BCUT2D eigenvalue weighted by Crippen LogP contribution is -2.35. The molecule has 4 nitrogen and oxygen atoms in total. The largest absolute Gasteiger partial charge is 0.409 e. The Morgan fingerprint density at radius 2 is 2.27 bits per heavy atom. The van der Waals surface area contributed by atoms with Gasteiger partial charge in [-0.15, -0.1) is 0 Å². The van der Waals surface area contributed by atoms with Crippen LogP contribution in [-0.2, 0) is 0 Å². The highest BCUT2D eigenvalue weighted by Gasteiger charge is 2.39. The highest BCUT2D eigenvalue weighted by atomic mass is 16.4. The third-order valence-electron chi connectivity index (χ3n) is 3.99. The molecule has 2 rings (SSSR count). The number of amidine groups is 1. The van der Waals surface area contributed by atoms with Crippen LogP contribution in [-0.4, -0.2) is 36.1 Å². The molecule has 15 heavy (non-hydrogen) atoms. The third-order valence-corrected chi connectivity index (χ3v) is 3.99. The predicted molar refractivity (Wildman–Crippen MR) is 59.8 cm³/mol. The summed E-state index contributed by atoms with van der Waals surface area (Å²) in [6, 6.07) is 0. The molecule has 2 saturated carbocycles. The standard InChI is InChI=1S/C11H21N3O/c1-14(7-11(12)13-15)6-10-5-8-2-3-9(10)4-8/h8-10,15H,2-7H2,1H3,(H2,12,13). The molecule has 0 spiro atoms. The maximum atomic E-state index is 8.49. The van der Waals surface area contributed by atoms with Crippen LogP contribution in [0.4, 0.5) is 0 Å². The zero-order valence-corrected chi connectivity index (χ0v) is 9.39. The third kappa shape index (κ3) is 2.43. The van der Waals surface area contributed by atoms with Gasteiger partial charge >= 0.3 is 0 Å². The number of nitrogens with two attached hydrogens (primary N) is 1. The van der Waals surface area contributed by atoms with E-state index in [-0.39, 0.29) is 0 Å². The summed E-state index contributed by atoms with van der Waals surface area (Å²) in [4.78, 5) is 2.17. The Morgan fingerprint density at radius 3 is 2.80 bits per heavy atom. The zero-order valence-electron chi connectivity index (χ0n) is 9.39. The summed E-state index contributed by atoms with van der Waals surface area (Å²) in [7, 11) is 2.05. The van der Waals surface area contributed by atoms with Crippen LogP contribution in [0.1, 0.15) is 25.7 Å². The van der Waals surface area contributed by atoms with Gasteiger partial charge in [0, 0.05) is 6.54 Å². The van der Waals surface area contributed by atoms with E-state index >= 15 is 0 Å². The second kappa shape index (κ2) is 4.39. The van der Waals surface area contributed by atoms with E-state index in [2.05, 4.69) is 10.1 Å². The van der Waals surface area contributed by atoms with Gasteiger partial charge in [-0.05, 0) is 44.1 Å². The molecular formula is C11H21N3O. The average Bonchev–Trinajstić information content (AvgIpc) is 2.78. The molecule has 2 aliphatic carbocycles. The van der Waals surface area contributed by atoms with Crippen LogP contribution in [0.15, 0.2) is 5.16 Å². The Bertz CT molecular complexity index is 254. The first kappa shape index (κ1) is 10.7. The van der Waals surface area contributed by atoms with E-state index in [4.69, 9.17) is 10.9 Å². The summed E-state index contributed by atoms with van der Waals surface area (Å²) in [6.07, 6.45) is 5.71. The summed E-state index contributed by atoms with van der Waals surface area (Å²) >= 11 is 0. The first-order chi connectivity index (χ1) is 7.19. The van der Waals surface area contributed by atoms with Crippen LogP contribution in [0, 0.1) is 17.8 Å². The van der Waals surface area contributed by atoms with Crippen molar-refractivity contribution < 1.29 is 5.21 Å². The fraction of sp³-hybridized carbons (Fsp3) is 0.909. The molecule has 3 unspecified atom stereocenters. The summed E-state index contributed by atoms with van der Waals surface area (Å²) in [5.74, 6) is 3.10. The zero-order chi connectivity index (χ0) is 10.8. The summed E-state index contributed by atoms with van der Waals surface area (Å²) in [6.45, 7) is 1.67. The lowest BCUT2D eigenvalue weighted by Gasteiger charge is -2.26. The van der Waals surface area contributed by atoms with Gasteiger partial charge in [0.15, 0.2) is 5.84 Å². The van der Waals surface area contributed by atoms with E-state index in [9.17, 15) is 0 Å². The van der Waals surface area contributed by atoms with Crippen molar-refractivity contribution in [1.29, 1.82) is 0 Å². The van der Waals surface area contributed by atoms with E-state index in [1.54, 1.807) is 0 Å². The summed E-state index contributed by atoms with van der Waals surface area (Å²) < 4.78 is 0. The molecule has 0 aromatic rings. The smallest absolute Gasteiger partial charge is 0.153 e. The van der Waals surface area contributed by atoms with Gasteiger partial charge in [-0.1, -0.05) is 11.6 Å². The number of likely N-dealkylation sites (N-methyl/N-ethyl adjacent to an activating group) is 1. The molecule has 3 N–H and O–H groups in total. The minimum absolute atomic E-state index is 0.306. The molecule has 0 aromatic carbocycles. The monoisotopic (exact) mass is 211 g/mol. The highest BCUT2D eigenvalue weighted by molar-refractivity contribution is 5.81. The maximum absolute atomic E-state index is 8.49. The fourth-order valence-electron chi connectivity index (χ4n) is 3.37. The Kier molecular flexibility index (Phi) is 3.14. The molecule has 2 fully saturated rings. The van der Waals surface area contributed by atoms with E-state index in [0.29, 0.717) is 12.4 Å². The molecule has 0 aliphatic heterocycles. The molecule has 2 aliphatic rings. The molecule has 3 atom stereocenters. The molecule has 2 bridgehead atoms. The number of hydrogen-bond acceptors (Lipinski definition) is 3. The van der Waals surface area contributed by atoms with Gasteiger partial charge in [0.1, 0.15) is 0 Å². The number of oxime groups is 1. The van der Waals surface area contributed by atoms with Gasteiger partial charge in [0.25, 0.3) is 0 Å². The van der Waals surface area contributed by atoms with Gasteiger partial charge < -0.3 is 10.9 Å². The molecule has 0 radical (unpaired) electrons. The lowest BCUT2D eigenvalue weighted by molar-refractivity contribution is 0.234. The van der Waals surface area contributed by atoms with Gasteiger partial charge in [-0.25, -0.2) is 0 Å². The second-order valence-corrected chi connectivity index (χ2v) is 5.22. The summed E-state index contributed by atoms with van der Waals surface area (Å²) in [5, 5.41) is 11.5. The molecule has 86 valence electrons. The van der Waals surface area contributed by atoms with Crippen LogP contribution in [0.25, 0.3) is 0 Å². The van der Waals surface area contributed by atoms with E-state index in [0.717, 1.165) is 24.3 Å². The van der Waals surface area contributed by atoms with Crippen molar-refractivity contribution in [2.75, 3.05) is 20.1 Å². The van der Waals surface area contributed by atoms with Crippen LogP contribution in [0.5, 0.6) is 0 Å². The lowest BCUT2D eigenvalue weighted by atomic mass is 9.88. The van der Waals surface area contributed by atoms with Crippen molar-refractivity contribution in [3.8, 4) is 0 Å². The first-order valence-electron chi connectivity index (χ1n) is 5.84. The Hall–Kier alpha value is -0.770. The molecule has 0 aromatic heterocycles. The quantitative estimate of drug-likeness (QED) is 0.317. The molecule has 0 saturated heterocycles. The number of hydrogen-bond donors (Lipinski definition) is 2. The number of nitrogens with zero attached hydrogens (tertiary/aromatic N) is 2. The van der Waals surface area contributed by atoms with Crippen molar-refractivity contribution in [2.45, 2.75) is 25.7 Å². The fourth-order valence-corrected chi connectivity index (χ4v) is 3.37. The van der Waals surface area contributed by atoms with Gasteiger partial charge in [0.2, 0.25) is 0 Å². The van der Waals surface area contributed by atoms with E-state index in [1.807, 2.05) is 7.05 Å².